The van der Waals surface area contributed by atoms with Gasteiger partial charge in [-0.2, -0.15) is 0 Å². The van der Waals surface area contributed by atoms with Crippen molar-refractivity contribution in [3.8, 4) is 5.75 Å². The first-order chi connectivity index (χ1) is 12.1. The van der Waals surface area contributed by atoms with E-state index >= 15 is 0 Å². The summed E-state index contributed by atoms with van der Waals surface area (Å²) in [5.74, 6) is 2.44. The van der Waals surface area contributed by atoms with E-state index in [1.807, 2.05) is 19.2 Å². The number of likely N-dealkylation sites (tertiary alicyclic amines) is 1. The lowest BCUT2D eigenvalue weighted by atomic mass is 10.1. The first-order valence-electron chi connectivity index (χ1n) is 8.84. The molecule has 2 unspecified atom stereocenters. The third-order valence-corrected chi connectivity index (χ3v) is 4.78. The second-order valence-electron chi connectivity index (χ2n) is 6.74. The van der Waals surface area contributed by atoms with Crippen LogP contribution in [0.25, 0.3) is 0 Å². The smallest absolute Gasteiger partial charge is 0.193 e. The third kappa shape index (κ3) is 5.34. The largest absolute Gasteiger partial charge is 0.497 e. The van der Waals surface area contributed by atoms with Gasteiger partial charge in [0, 0.05) is 39.7 Å². The van der Waals surface area contributed by atoms with Crippen molar-refractivity contribution in [2.24, 2.45) is 10.9 Å². The molecular weight excluding hydrogens is 316 g/mol. The van der Waals surface area contributed by atoms with Gasteiger partial charge in [-0.1, -0.05) is 12.1 Å². The van der Waals surface area contributed by atoms with E-state index in [0.717, 1.165) is 44.4 Å². The van der Waals surface area contributed by atoms with Crippen LogP contribution in [-0.2, 0) is 4.74 Å². The van der Waals surface area contributed by atoms with E-state index in [9.17, 15) is 0 Å². The molecule has 25 heavy (non-hydrogen) atoms. The quantitative estimate of drug-likeness (QED) is 0.602. The molecular formula is C19H32N4O2. The molecule has 1 aliphatic heterocycles. The number of aliphatic imine (C=N–C) groups is 1. The molecule has 1 saturated heterocycles. The van der Waals surface area contributed by atoms with Crippen LogP contribution in [0.4, 0.5) is 0 Å². The summed E-state index contributed by atoms with van der Waals surface area (Å²) in [4.78, 5) is 9.01. The molecule has 1 heterocycles. The molecule has 0 saturated carbocycles. The highest BCUT2D eigenvalue weighted by atomic mass is 16.5. The highest BCUT2D eigenvalue weighted by Crippen LogP contribution is 2.21. The SMILES string of the molecule is CN=C(NCC(c1ccc(OC)cc1)N(C)C)N1CCC(COC)C1. The van der Waals surface area contributed by atoms with Gasteiger partial charge in [0.2, 0.25) is 0 Å². The molecule has 0 aliphatic carbocycles. The van der Waals surface area contributed by atoms with E-state index in [1.165, 1.54) is 5.56 Å². The number of ether oxygens (including phenoxy) is 2. The zero-order valence-electron chi connectivity index (χ0n) is 16.2. The minimum atomic E-state index is 0.264. The van der Waals surface area contributed by atoms with Crippen LogP contribution in [0.5, 0.6) is 5.75 Å². The Labute approximate surface area is 151 Å². The number of methoxy groups -OCH3 is 2. The molecule has 0 spiro atoms. The molecule has 6 nitrogen and oxygen atoms in total. The fourth-order valence-corrected chi connectivity index (χ4v) is 3.34. The van der Waals surface area contributed by atoms with Gasteiger partial charge in [-0.15, -0.1) is 0 Å². The summed E-state index contributed by atoms with van der Waals surface area (Å²) >= 11 is 0. The molecule has 2 rings (SSSR count). The van der Waals surface area contributed by atoms with Gasteiger partial charge in [0.15, 0.2) is 5.96 Å². The Morgan fingerprint density at radius 2 is 2.04 bits per heavy atom. The second kappa shape index (κ2) is 9.63. The van der Waals surface area contributed by atoms with Crippen molar-refractivity contribution in [3.05, 3.63) is 29.8 Å². The van der Waals surface area contributed by atoms with Gasteiger partial charge < -0.3 is 24.6 Å². The van der Waals surface area contributed by atoms with Crippen molar-refractivity contribution in [3.63, 3.8) is 0 Å². The maximum Gasteiger partial charge on any atom is 0.193 e. The van der Waals surface area contributed by atoms with E-state index in [2.05, 4.69) is 46.3 Å². The predicted octanol–water partition coefficient (Wildman–Crippen LogP) is 1.84. The van der Waals surface area contributed by atoms with Crippen LogP contribution >= 0.6 is 0 Å². The molecule has 0 aromatic heterocycles. The van der Waals surface area contributed by atoms with Gasteiger partial charge in [0.25, 0.3) is 0 Å². The minimum absolute atomic E-state index is 0.264. The van der Waals surface area contributed by atoms with Crippen molar-refractivity contribution in [2.75, 3.05) is 61.6 Å². The fraction of sp³-hybridized carbons (Fsp3) is 0.632. The molecule has 2 atom stereocenters. The maximum atomic E-state index is 5.29. The topological polar surface area (TPSA) is 49.3 Å². The van der Waals surface area contributed by atoms with Gasteiger partial charge in [-0.3, -0.25) is 4.99 Å². The van der Waals surface area contributed by atoms with Crippen LogP contribution in [0.15, 0.2) is 29.3 Å². The first kappa shape index (κ1) is 19.5. The van der Waals surface area contributed by atoms with Crippen LogP contribution in [0.2, 0.25) is 0 Å². The number of guanidine groups is 1. The predicted molar refractivity (Wildman–Crippen MR) is 102 cm³/mol. The molecule has 140 valence electrons. The molecule has 1 aromatic carbocycles. The van der Waals surface area contributed by atoms with Crippen LogP contribution in [0.3, 0.4) is 0 Å². The minimum Gasteiger partial charge on any atom is -0.497 e. The van der Waals surface area contributed by atoms with Gasteiger partial charge in [-0.05, 0) is 38.2 Å². The number of nitrogens with zero attached hydrogens (tertiary/aromatic N) is 3. The van der Waals surface area contributed by atoms with Gasteiger partial charge in [0.1, 0.15) is 5.75 Å². The Hall–Kier alpha value is -1.79. The van der Waals surface area contributed by atoms with Crippen molar-refractivity contribution in [2.45, 2.75) is 12.5 Å². The van der Waals surface area contributed by atoms with Gasteiger partial charge >= 0.3 is 0 Å². The lowest BCUT2D eigenvalue weighted by molar-refractivity contribution is 0.157. The monoisotopic (exact) mass is 348 g/mol. The number of nitrogens with one attached hydrogen (secondary N) is 1. The number of rotatable bonds is 7. The molecule has 6 heteroatoms. The van der Waals surface area contributed by atoms with Crippen molar-refractivity contribution >= 4 is 5.96 Å². The molecule has 0 amide bonds. The van der Waals surface area contributed by atoms with Crippen LogP contribution < -0.4 is 10.1 Å². The van der Waals surface area contributed by atoms with E-state index in [-0.39, 0.29) is 6.04 Å². The Morgan fingerprint density at radius 3 is 2.60 bits per heavy atom. The highest BCUT2D eigenvalue weighted by molar-refractivity contribution is 5.80. The highest BCUT2D eigenvalue weighted by Gasteiger charge is 2.25. The summed E-state index contributed by atoms with van der Waals surface area (Å²) in [5.41, 5.74) is 1.26. The summed E-state index contributed by atoms with van der Waals surface area (Å²) in [6, 6.07) is 8.53. The van der Waals surface area contributed by atoms with Crippen molar-refractivity contribution in [1.82, 2.24) is 15.1 Å². The van der Waals surface area contributed by atoms with Crippen molar-refractivity contribution < 1.29 is 9.47 Å². The average Bonchev–Trinajstić information content (AvgIpc) is 3.07. The number of likely N-dealkylation sites (N-methyl/N-ethyl adjacent to an activating group) is 1. The summed E-state index contributed by atoms with van der Waals surface area (Å²) < 4.78 is 10.5. The molecule has 1 fully saturated rings. The third-order valence-electron chi connectivity index (χ3n) is 4.78. The van der Waals surface area contributed by atoms with Crippen LogP contribution in [0, 0.1) is 5.92 Å². The van der Waals surface area contributed by atoms with E-state index in [0.29, 0.717) is 5.92 Å². The van der Waals surface area contributed by atoms with E-state index in [1.54, 1.807) is 14.2 Å². The van der Waals surface area contributed by atoms with E-state index in [4.69, 9.17) is 9.47 Å². The van der Waals surface area contributed by atoms with Crippen LogP contribution in [-0.4, -0.2) is 77.4 Å². The summed E-state index contributed by atoms with van der Waals surface area (Å²) in [6.45, 7) is 3.66. The average molecular weight is 348 g/mol. The summed E-state index contributed by atoms with van der Waals surface area (Å²) in [7, 11) is 9.51. The zero-order chi connectivity index (χ0) is 18.2. The van der Waals surface area contributed by atoms with Gasteiger partial charge in [0.05, 0.1) is 19.8 Å². The number of hydrogen-bond donors (Lipinski definition) is 1. The summed E-state index contributed by atoms with van der Waals surface area (Å²) in [5, 5.41) is 3.54. The van der Waals surface area contributed by atoms with Gasteiger partial charge in [-0.25, -0.2) is 0 Å². The second-order valence-corrected chi connectivity index (χ2v) is 6.74. The Morgan fingerprint density at radius 1 is 1.32 bits per heavy atom. The zero-order valence-corrected chi connectivity index (χ0v) is 16.2. The molecule has 0 bridgehead atoms. The Bertz CT molecular complexity index is 545. The van der Waals surface area contributed by atoms with E-state index < -0.39 is 0 Å². The molecule has 1 aromatic rings. The maximum absolute atomic E-state index is 5.29. The number of benzene rings is 1. The Balaban J connectivity index is 1.97. The fourth-order valence-electron chi connectivity index (χ4n) is 3.34. The Kier molecular flexibility index (Phi) is 7.52. The lowest BCUT2D eigenvalue weighted by Crippen LogP contribution is -2.43. The summed E-state index contributed by atoms with van der Waals surface area (Å²) in [6.07, 6.45) is 1.16. The molecule has 1 aliphatic rings. The van der Waals surface area contributed by atoms with Crippen molar-refractivity contribution in [1.29, 1.82) is 0 Å². The van der Waals surface area contributed by atoms with Crippen LogP contribution in [0.1, 0.15) is 18.0 Å². The number of hydrogen-bond acceptors (Lipinski definition) is 4. The molecule has 1 N–H and O–H groups in total. The normalized spacial score (nSPS) is 19.4. The lowest BCUT2D eigenvalue weighted by Gasteiger charge is -2.28. The first-order valence-corrected chi connectivity index (χ1v) is 8.84. The standard InChI is InChI=1S/C19H32N4O2/c1-20-19(23-11-10-15(13-23)14-24-4)21-12-18(22(2)3)16-6-8-17(25-5)9-7-16/h6-9,15,18H,10-14H2,1-5H3,(H,20,21). The molecule has 0 radical (unpaired) electrons.